The third-order valence-corrected chi connectivity index (χ3v) is 10.2. The summed E-state index contributed by atoms with van der Waals surface area (Å²) in [4.78, 5) is 0. The molecule has 2 heterocycles. The molecule has 0 saturated carbocycles. The van der Waals surface area contributed by atoms with Gasteiger partial charge in [-0.15, -0.1) is 0 Å². The Hall–Kier alpha value is 0.0169. The van der Waals surface area contributed by atoms with E-state index in [0.717, 1.165) is 12.8 Å². The Kier molecular flexibility index (Phi) is 5.90. The van der Waals surface area contributed by atoms with Crippen molar-refractivity contribution in [1.29, 1.82) is 0 Å². The van der Waals surface area contributed by atoms with E-state index in [1.165, 1.54) is 0 Å². The number of fused-ring (bicyclic) bond motifs is 1. The first kappa shape index (κ1) is 20.3. The summed E-state index contributed by atoms with van der Waals surface area (Å²) >= 11 is 0. The van der Waals surface area contributed by atoms with Crippen molar-refractivity contribution in [3.8, 4) is 0 Å². The highest BCUT2D eigenvalue weighted by Crippen LogP contribution is 2.39. The summed E-state index contributed by atoms with van der Waals surface area (Å²) in [5.74, 6) is -0.546. The Balaban J connectivity index is 2.02. The molecule has 6 heteroatoms. The molecule has 0 aromatic rings. The lowest BCUT2D eigenvalue weighted by atomic mass is 10.0. The van der Waals surface area contributed by atoms with E-state index >= 15 is 0 Å². The predicted octanol–water partition coefficient (Wildman–Crippen LogP) is 3.03. The number of rotatable bonds is 6. The summed E-state index contributed by atoms with van der Waals surface area (Å²) in [5, 5.41) is 13.4. The van der Waals surface area contributed by atoms with Crippen LogP contribution in [0.1, 0.15) is 54.4 Å². The molecule has 2 aliphatic heterocycles. The van der Waals surface area contributed by atoms with E-state index in [9.17, 15) is 5.11 Å². The first-order chi connectivity index (χ1) is 10.8. The highest BCUT2D eigenvalue weighted by Gasteiger charge is 2.54. The Bertz CT molecular complexity index is 433. The van der Waals surface area contributed by atoms with Crippen molar-refractivity contribution >= 4 is 8.32 Å². The normalized spacial score (nSPS) is 34.4. The topological polar surface area (TPSA) is 60.0 Å². The standard InChI is InChI=1S/C18H37NO4Si/c1-12(20)9-10-13-15-16(23-18(5,6)22-15)14(19-13)11-21-24(7,8)17(2,3)4/h12-16,19-20H,9-11H2,1-8H3/t12-,13+,14+,15-,16+/m0/s1. The number of hydrogen-bond acceptors (Lipinski definition) is 5. The highest BCUT2D eigenvalue weighted by atomic mass is 28.4. The van der Waals surface area contributed by atoms with E-state index in [4.69, 9.17) is 13.9 Å². The molecule has 0 amide bonds. The maximum Gasteiger partial charge on any atom is 0.192 e. The average Bonchev–Trinajstić information content (AvgIpc) is 2.86. The van der Waals surface area contributed by atoms with Gasteiger partial charge in [0.25, 0.3) is 0 Å². The van der Waals surface area contributed by atoms with E-state index in [1.807, 2.05) is 20.8 Å². The molecule has 5 nitrogen and oxygen atoms in total. The molecule has 2 N–H and O–H groups in total. The average molecular weight is 360 g/mol. The number of nitrogens with one attached hydrogen (secondary N) is 1. The van der Waals surface area contributed by atoms with Crippen LogP contribution in [0.2, 0.25) is 18.1 Å². The van der Waals surface area contributed by atoms with Crippen molar-refractivity contribution in [3.05, 3.63) is 0 Å². The van der Waals surface area contributed by atoms with Gasteiger partial charge in [0.15, 0.2) is 14.1 Å². The molecule has 0 unspecified atom stereocenters. The maximum atomic E-state index is 9.60. The minimum Gasteiger partial charge on any atom is -0.415 e. The fourth-order valence-electron chi connectivity index (χ4n) is 3.23. The molecule has 2 fully saturated rings. The van der Waals surface area contributed by atoms with Gasteiger partial charge in [-0.1, -0.05) is 20.8 Å². The Morgan fingerprint density at radius 1 is 1.17 bits per heavy atom. The van der Waals surface area contributed by atoms with Gasteiger partial charge in [0.2, 0.25) is 0 Å². The minimum atomic E-state index is -1.79. The molecule has 2 saturated heterocycles. The second kappa shape index (κ2) is 6.97. The molecule has 24 heavy (non-hydrogen) atoms. The van der Waals surface area contributed by atoms with Crippen molar-refractivity contribution in [2.45, 2.75) is 109 Å². The van der Waals surface area contributed by atoms with Gasteiger partial charge in [0, 0.05) is 6.04 Å². The molecule has 0 aromatic heterocycles. The van der Waals surface area contributed by atoms with E-state index in [1.54, 1.807) is 0 Å². The smallest absolute Gasteiger partial charge is 0.192 e. The van der Waals surface area contributed by atoms with Crippen LogP contribution < -0.4 is 5.32 Å². The molecule has 0 bridgehead atoms. The highest BCUT2D eigenvalue weighted by molar-refractivity contribution is 6.74. The van der Waals surface area contributed by atoms with Crippen LogP contribution in [0.3, 0.4) is 0 Å². The zero-order valence-corrected chi connectivity index (χ0v) is 17.7. The van der Waals surface area contributed by atoms with Crippen molar-refractivity contribution < 1.29 is 19.0 Å². The van der Waals surface area contributed by atoms with Gasteiger partial charge in [0.1, 0.15) is 12.2 Å². The summed E-state index contributed by atoms with van der Waals surface area (Å²) in [6, 6.07) is 0.351. The molecule has 0 aliphatic carbocycles. The Labute approximate surface area is 148 Å². The van der Waals surface area contributed by atoms with Gasteiger partial charge in [-0.3, -0.25) is 0 Å². The summed E-state index contributed by atoms with van der Waals surface area (Å²) in [5.41, 5.74) is 0. The van der Waals surface area contributed by atoms with E-state index < -0.39 is 14.1 Å². The lowest BCUT2D eigenvalue weighted by molar-refractivity contribution is -0.157. The van der Waals surface area contributed by atoms with Crippen molar-refractivity contribution in [1.82, 2.24) is 5.32 Å². The largest absolute Gasteiger partial charge is 0.415 e. The molecule has 0 radical (unpaired) electrons. The first-order valence-electron chi connectivity index (χ1n) is 9.26. The monoisotopic (exact) mass is 359 g/mol. The number of hydrogen-bond donors (Lipinski definition) is 2. The zero-order chi connectivity index (χ0) is 18.3. The summed E-state index contributed by atoms with van der Waals surface area (Å²) in [7, 11) is -1.79. The Morgan fingerprint density at radius 2 is 1.71 bits per heavy atom. The van der Waals surface area contributed by atoms with Gasteiger partial charge >= 0.3 is 0 Å². The third kappa shape index (κ3) is 4.59. The lowest BCUT2D eigenvalue weighted by Crippen LogP contribution is -2.47. The van der Waals surface area contributed by atoms with Crippen LogP contribution in [-0.2, 0) is 13.9 Å². The zero-order valence-electron chi connectivity index (χ0n) is 16.7. The van der Waals surface area contributed by atoms with Crippen LogP contribution in [0.5, 0.6) is 0 Å². The summed E-state index contributed by atoms with van der Waals surface area (Å²) < 4.78 is 18.7. The molecular formula is C18H37NO4Si. The second-order valence-electron chi connectivity index (χ2n) is 9.44. The Morgan fingerprint density at radius 3 is 2.21 bits per heavy atom. The summed E-state index contributed by atoms with van der Waals surface area (Å²) in [6.07, 6.45) is 1.41. The van der Waals surface area contributed by atoms with Crippen molar-refractivity contribution in [3.63, 3.8) is 0 Å². The van der Waals surface area contributed by atoms with Gasteiger partial charge in [-0.05, 0) is 51.7 Å². The molecule has 142 valence electrons. The number of aliphatic hydroxyl groups is 1. The maximum absolute atomic E-state index is 9.60. The van der Waals surface area contributed by atoms with E-state index in [2.05, 4.69) is 39.2 Å². The summed E-state index contributed by atoms with van der Waals surface area (Å²) in [6.45, 7) is 17.8. The van der Waals surface area contributed by atoms with Gasteiger partial charge in [-0.25, -0.2) is 0 Å². The van der Waals surface area contributed by atoms with Crippen LogP contribution in [0.15, 0.2) is 0 Å². The number of aliphatic hydroxyl groups excluding tert-OH is 1. The van der Waals surface area contributed by atoms with E-state index in [-0.39, 0.29) is 35.4 Å². The first-order valence-corrected chi connectivity index (χ1v) is 12.2. The third-order valence-electron chi connectivity index (χ3n) is 5.71. The second-order valence-corrected chi connectivity index (χ2v) is 14.3. The minimum absolute atomic E-state index is 0.0174. The van der Waals surface area contributed by atoms with Crippen LogP contribution in [-0.4, -0.2) is 56.2 Å². The molecule has 0 aromatic carbocycles. The quantitative estimate of drug-likeness (QED) is 0.714. The molecule has 2 aliphatic rings. The van der Waals surface area contributed by atoms with Crippen LogP contribution in [0.4, 0.5) is 0 Å². The van der Waals surface area contributed by atoms with Crippen molar-refractivity contribution in [2.75, 3.05) is 6.61 Å². The fourth-order valence-corrected chi connectivity index (χ4v) is 4.26. The lowest BCUT2D eigenvalue weighted by Gasteiger charge is -2.37. The molecule has 2 rings (SSSR count). The van der Waals surface area contributed by atoms with E-state index in [0.29, 0.717) is 6.61 Å². The van der Waals surface area contributed by atoms with Crippen LogP contribution in [0, 0.1) is 0 Å². The van der Waals surface area contributed by atoms with Gasteiger partial charge < -0.3 is 24.3 Å². The van der Waals surface area contributed by atoms with Gasteiger partial charge in [0.05, 0.1) is 18.8 Å². The molecule has 0 spiro atoms. The number of ether oxygens (including phenoxy) is 2. The molecular weight excluding hydrogens is 322 g/mol. The van der Waals surface area contributed by atoms with Crippen LogP contribution >= 0.6 is 0 Å². The van der Waals surface area contributed by atoms with Crippen LogP contribution in [0.25, 0.3) is 0 Å². The SMILES string of the molecule is C[C@H](O)CC[C@H]1N[C@H](CO[Si](C)(C)C(C)(C)C)[C@H]2OC(C)(C)O[C@H]21. The van der Waals surface area contributed by atoms with Gasteiger partial charge in [-0.2, -0.15) is 0 Å². The fraction of sp³-hybridized carbons (Fsp3) is 1.00. The molecule has 5 atom stereocenters. The van der Waals surface area contributed by atoms with Crippen molar-refractivity contribution in [2.24, 2.45) is 0 Å². The predicted molar refractivity (Wildman–Crippen MR) is 98.6 cm³/mol.